The molecule has 1 aliphatic rings. The van der Waals surface area contributed by atoms with Crippen molar-refractivity contribution in [2.24, 2.45) is 5.92 Å². The topological polar surface area (TPSA) is 27.1 Å². The Bertz CT molecular complexity index is 653. The van der Waals surface area contributed by atoms with E-state index in [1.807, 2.05) is 6.92 Å². The van der Waals surface area contributed by atoms with Gasteiger partial charge in [0.05, 0.1) is 23.5 Å². The van der Waals surface area contributed by atoms with Crippen molar-refractivity contribution >= 4 is 22.6 Å². The number of ether oxygens (including phenoxy) is 1. The fourth-order valence-corrected chi connectivity index (χ4v) is 3.04. The predicted molar refractivity (Wildman–Crippen MR) is 77.9 cm³/mol. The van der Waals surface area contributed by atoms with Crippen LogP contribution in [-0.4, -0.2) is 16.7 Å². The number of rotatable bonds is 4. The number of hydrogen-bond acceptors (Lipinski definition) is 2. The molecule has 20 heavy (non-hydrogen) atoms. The predicted octanol–water partition coefficient (Wildman–Crippen LogP) is 4.45. The third-order valence-electron chi connectivity index (χ3n) is 4.09. The quantitative estimate of drug-likeness (QED) is 0.779. The summed E-state index contributed by atoms with van der Waals surface area (Å²) < 4.78 is 21.1. The molecule has 0 aliphatic heterocycles. The molecule has 0 amide bonds. The third-order valence-corrected chi connectivity index (χ3v) is 4.28. The summed E-state index contributed by atoms with van der Waals surface area (Å²) in [6.45, 7) is 4.09. The van der Waals surface area contributed by atoms with Crippen molar-refractivity contribution in [3.63, 3.8) is 0 Å². The lowest BCUT2D eigenvalue weighted by Crippen LogP contribution is -2.03. The molecule has 3 atom stereocenters. The smallest absolute Gasteiger partial charge is 0.167 e. The van der Waals surface area contributed by atoms with Crippen molar-refractivity contribution in [1.82, 2.24) is 9.55 Å². The van der Waals surface area contributed by atoms with Crippen LogP contribution in [0.25, 0.3) is 11.0 Å². The Kier molecular flexibility index (Phi) is 3.36. The van der Waals surface area contributed by atoms with Crippen molar-refractivity contribution < 1.29 is 9.13 Å². The van der Waals surface area contributed by atoms with E-state index in [4.69, 9.17) is 16.3 Å². The summed E-state index contributed by atoms with van der Waals surface area (Å²) in [6.07, 6.45) is 2.27. The number of imidazole rings is 1. The first-order chi connectivity index (χ1) is 9.56. The molecule has 108 valence electrons. The molecule has 1 saturated carbocycles. The van der Waals surface area contributed by atoms with E-state index in [1.54, 1.807) is 6.07 Å². The number of halogens is 2. The maximum Gasteiger partial charge on any atom is 0.167 e. The lowest BCUT2D eigenvalue weighted by atomic mass is 10.2. The number of fused-ring (bicyclic) bond motifs is 1. The molecule has 1 fully saturated rings. The van der Waals surface area contributed by atoms with Gasteiger partial charge in [-0.15, -0.1) is 11.6 Å². The van der Waals surface area contributed by atoms with Crippen molar-refractivity contribution in [2.75, 3.05) is 7.11 Å². The number of nitrogens with zero attached hydrogens (tertiary/aromatic N) is 2. The van der Waals surface area contributed by atoms with E-state index in [1.165, 1.54) is 13.2 Å². The Morgan fingerprint density at radius 1 is 1.55 bits per heavy atom. The van der Waals surface area contributed by atoms with Crippen LogP contribution >= 0.6 is 11.6 Å². The molecule has 0 N–H and O–H groups in total. The molecule has 2 aromatic rings. The van der Waals surface area contributed by atoms with Crippen LogP contribution in [0.3, 0.4) is 0 Å². The molecule has 3 nitrogen and oxygen atoms in total. The van der Waals surface area contributed by atoms with E-state index in [-0.39, 0.29) is 16.9 Å². The van der Waals surface area contributed by atoms with Crippen LogP contribution in [0.15, 0.2) is 12.1 Å². The molecular formula is C15H18ClFN2O. The van der Waals surface area contributed by atoms with Gasteiger partial charge in [0.2, 0.25) is 0 Å². The second kappa shape index (κ2) is 4.92. The Balaban J connectivity index is 2.20. The fourth-order valence-electron chi connectivity index (χ4n) is 2.89. The SMILES string of the molecule is CCC1CC1n1c(C(C)Cl)nc2cc(F)c(OC)cc21. The second-order valence-corrected chi connectivity index (χ2v) is 6.06. The van der Waals surface area contributed by atoms with Gasteiger partial charge in [0, 0.05) is 18.2 Å². The van der Waals surface area contributed by atoms with E-state index in [0.717, 1.165) is 24.2 Å². The summed E-state index contributed by atoms with van der Waals surface area (Å²) >= 11 is 6.25. The van der Waals surface area contributed by atoms with Gasteiger partial charge < -0.3 is 9.30 Å². The molecule has 0 spiro atoms. The van der Waals surface area contributed by atoms with Crippen LogP contribution in [0.2, 0.25) is 0 Å². The lowest BCUT2D eigenvalue weighted by Gasteiger charge is -2.10. The Morgan fingerprint density at radius 3 is 2.85 bits per heavy atom. The van der Waals surface area contributed by atoms with Crippen molar-refractivity contribution in [2.45, 2.75) is 38.1 Å². The molecule has 0 bridgehead atoms. The van der Waals surface area contributed by atoms with Gasteiger partial charge in [0.15, 0.2) is 11.6 Å². The number of benzene rings is 1. The molecular weight excluding hydrogens is 279 g/mol. The highest BCUT2D eigenvalue weighted by molar-refractivity contribution is 6.20. The van der Waals surface area contributed by atoms with Gasteiger partial charge in [0.1, 0.15) is 5.82 Å². The molecule has 3 unspecified atom stereocenters. The highest BCUT2D eigenvalue weighted by Crippen LogP contribution is 2.49. The summed E-state index contributed by atoms with van der Waals surface area (Å²) in [5, 5.41) is -0.199. The standard InChI is InChI=1S/C15H18ClFN2O/c1-4-9-5-12(9)19-13-7-14(20-3)10(17)6-11(13)18-15(19)8(2)16/h6-9,12H,4-5H2,1-3H3. The van der Waals surface area contributed by atoms with E-state index in [9.17, 15) is 4.39 Å². The zero-order valence-corrected chi connectivity index (χ0v) is 12.6. The van der Waals surface area contributed by atoms with Gasteiger partial charge >= 0.3 is 0 Å². The molecule has 1 aliphatic carbocycles. The minimum Gasteiger partial charge on any atom is -0.494 e. The van der Waals surface area contributed by atoms with Crippen LogP contribution in [0.1, 0.15) is 43.9 Å². The zero-order chi connectivity index (χ0) is 14.4. The molecule has 3 rings (SSSR count). The number of alkyl halides is 1. The molecule has 5 heteroatoms. The Morgan fingerprint density at radius 2 is 2.30 bits per heavy atom. The van der Waals surface area contributed by atoms with Crippen LogP contribution in [-0.2, 0) is 0 Å². The number of aromatic nitrogens is 2. The molecule has 0 radical (unpaired) electrons. The van der Waals surface area contributed by atoms with Gasteiger partial charge in [-0.1, -0.05) is 13.3 Å². The van der Waals surface area contributed by atoms with Crippen molar-refractivity contribution in [3.8, 4) is 5.75 Å². The summed E-state index contributed by atoms with van der Waals surface area (Å²) in [4.78, 5) is 4.51. The van der Waals surface area contributed by atoms with E-state index < -0.39 is 0 Å². The molecule has 1 aromatic heterocycles. The monoisotopic (exact) mass is 296 g/mol. The van der Waals surface area contributed by atoms with Crippen LogP contribution < -0.4 is 4.74 Å². The number of hydrogen-bond donors (Lipinski definition) is 0. The normalized spacial score (nSPS) is 23.1. The minimum absolute atomic E-state index is 0.199. The first-order valence-corrected chi connectivity index (χ1v) is 7.39. The first-order valence-electron chi connectivity index (χ1n) is 6.96. The zero-order valence-electron chi connectivity index (χ0n) is 11.9. The van der Waals surface area contributed by atoms with E-state index in [2.05, 4.69) is 16.5 Å². The average molecular weight is 297 g/mol. The lowest BCUT2D eigenvalue weighted by molar-refractivity contribution is 0.387. The molecule has 1 heterocycles. The van der Waals surface area contributed by atoms with Crippen LogP contribution in [0.5, 0.6) is 5.75 Å². The number of methoxy groups -OCH3 is 1. The summed E-state index contributed by atoms with van der Waals surface area (Å²) in [5.74, 6) is 1.34. The molecule has 1 aromatic carbocycles. The fraction of sp³-hybridized carbons (Fsp3) is 0.533. The van der Waals surface area contributed by atoms with E-state index >= 15 is 0 Å². The van der Waals surface area contributed by atoms with Crippen molar-refractivity contribution in [3.05, 3.63) is 23.8 Å². The third kappa shape index (κ3) is 2.06. The Hall–Kier alpha value is -1.29. The average Bonchev–Trinajstić information content (AvgIpc) is 3.10. The highest BCUT2D eigenvalue weighted by atomic mass is 35.5. The maximum atomic E-state index is 13.8. The Labute approximate surface area is 122 Å². The summed E-state index contributed by atoms with van der Waals surface area (Å²) in [5.41, 5.74) is 1.55. The van der Waals surface area contributed by atoms with Gasteiger partial charge in [-0.05, 0) is 19.3 Å². The van der Waals surface area contributed by atoms with Crippen molar-refractivity contribution in [1.29, 1.82) is 0 Å². The minimum atomic E-state index is -0.388. The van der Waals surface area contributed by atoms with Crippen LogP contribution in [0.4, 0.5) is 4.39 Å². The van der Waals surface area contributed by atoms with Gasteiger partial charge in [0.25, 0.3) is 0 Å². The second-order valence-electron chi connectivity index (χ2n) is 5.40. The van der Waals surface area contributed by atoms with Gasteiger partial charge in [-0.3, -0.25) is 0 Å². The largest absolute Gasteiger partial charge is 0.494 e. The van der Waals surface area contributed by atoms with Crippen LogP contribution in [0, 0.1) is 11.7 Å². The molecule has 0 saturated heterocycles. The van der Waals surface area contributed by atoms with Gasteiger partial charge in [-0.2, -0.15) is 0 Å². The maximum absolute atomic E-state index is 13.8. The highest BCUT2D eigenvalue weighted by Gasteiger charge is 2.39. The van der Waals surface area contributed by atoms with E-state index in [0.29, 0.717) is 17.5 Å². The summed E-state index contributed by atoms with van der Waals surface area (Å²) in [7, 11) is 1.47. The first kappa shape index (κ1) is 13.7. The van der Waals surface area contributed by atoms with Gasteiger partial charge in [-0.25, -0.2) is 9.37 Å². The summed E-state index contributed by atoms with van der Waals surface area (Å²) in [6, 6.07) is 3.58.